The van der Waals surface area contributed by atoms with Crippen molar-refractivity contribution in [2.24, 2.45) is 5.92 Å². The number of carbonyl (C=O) groups excluding carboxylic acids is 3. The number of carbonyl (C=O) groups is 3. The molecule has 0 bridgehead atoms. The summed E-state index contributed by atoms with van der Waals surface area (Å²) in [6.45, 7) is 1.05. The lowest BCUT2D eigenvalue weighted by molar-refractivity contribution is -0.137. The molecule has 1 saturated carbocycles. The summed E-state index contributed by atoms with van der Waals surface area (Å²) >= 11 is 24.4. The van der Waals surface area contributed by atoms with E-state index in [0.717, 1.165) is 36.1 Å². The van der Waals surface area contributed by atoms with Crippen molar-refractivity contribution in [3.05, 3.63) is 86.9 Å². The molecule has 0 aliphatic heterocycles. The van der Waals surface area contributed by atoms with Crippen LogP contribution in [0.1, 0.15) is 34.3 Å². The van der Waals surface area contributed by atoms with Crippen molar-refractivity contribution in [3.8, 4) is 0 Å². The van der Waals surface area contributed by atoms with E-state index in [1.54, 1.807) is 0 Å². The van der Waals surface area contributed by atoms with Gasteiger partial charge in [-0.15, -0.1) is 23.2 Å². The average molecular weight is 669 g/mol. The summed E-state index contributed by atoms with van der Waals surface area (Å²) in [5.41, 5.74) is -2.34. The summed E-state index contributed by atoms with van der Waals surface area (Å²) in [6.07, 6.45) is -4.75. The van der Waals surface area contributed by atoms with E-state index in [4.69, 9.17) is 46.4 Å². The molecule has 3 amide bonds. The van der Waals surface area contributed by atoms with Crippen LogP contribution in [0.3, 0.4) is 0 Å². The minimum atomic E-state index is -4.75. The van der Waals surface area contributed by atoms with Gasteiger partial charge in [-0.25, -0.2) is 8.78 Å². The highest BCUT2D eigenvalue weighted by molar-refractivity contribution is 6.53. The molecule has 0 heterocycles. The molecule has 2 atom stereocenters. The highest BCUT2D eigenvalue weighted by atomic mass is 35.5. The Morgan fingerprint density at radius 3 is 2.19 bits per heavy atom. The second kappa shape index (κ2) is 11.5. The number of halogens is 9. The van der Waals surface area contributed by atoms with Crippen molar-refractivity contribution in [2.75, 3.05) is 22.6 Å². The number of anilines is 3. The lowest BCUT2D eigenvalue weighted by atomic mass is 10.0. The molecule has 0 saturated heterocycles. The second-order valence-corrected chi connectivity index (χ2v) is 11.6. The molecule has 3 aromatic carbocycles. The predicted octanol–water partition coefficient (Wildman–Crippen LogP) is 8.05. The van der Waals surface area contributed by atoms with E-state index in [2.05, 4.69) is 5.32 Å². The molecule has 6 nitrogen and oxygen atoms in total. The molecule has 1 aliphatic carbocycles. The number of rotatable bonds is 6. The summed E-state index contributed by atoms with van der Waals surface area (Å²) in [6, 6.07) is 8.75. The Balaban J connectivity index is 1.57. The topological polar surface area (TPSA) is 78.5 Å². The summed E-state index contributed by atoms with van der Waals surface area (Å²) in [5.74, 6) is -6.79. The molecular weight excluding hydrogens is 651 g/mol. The van der Waals surface area contributed by atoms with Gasteiger partial charge in [0.15, 0.2) is 5.82 Å². The third-order valence-electron chi connectivity index (χ3n) is 6.49. The van der Waals surface area contributed by atoms with E-state index in [1.165, 1.54) is 31.3 Å². The zero-order chi connectivity index (χ0) is 31.3. The lowest BCUT2D eigenvalue weighted by Gasteiger charge is -2.21. The molecule has 1 fully saturated rings. The molecular formula is C27H18Cl4F5N3O3. The first-order valence-electron chi connectivity index (χ1n) is 11.8. The zero-order valence-electron chi connectivity index (χ0n) is 21.3. The van der Waals surface area contributed by atoms with Gasteiger partial charge < -0.3 is 15.5 Å². The molecule has 3 aromatic rings. The summed E-state index contributed by atoms with van der Waals surface area (Å²) in [4.78, 5) is 38.5. The van der Waals surface area contributed by atoms with Crippen molar-refractivity contribution < 1.29 is 36.3 Å². The van der Waals surface area contributed by atoms with Crippen LogP contribution in [0.4, 0.5) is 39.0 Å². The molecule has 15 heteroatoms. The van der Waals surface area contributed by atoms with Crippen LogP contribution in [-0.4, -0.2) is 29.1 Å². The molecule has 1 aliphatic rings. The van der Waals surface area contributed by atoms with Gasteiger partial charge >= 0.3 is 6.18 Å². The first kappa shape index (κ1) is 31.8. The van der Waals surface area contributed by atoms with Gasteiger partial charge in [0.05, 0.1) is 32.8 Å². The third kappa shape index (κ3) is 6.15. The van der Waals surface area contributed by atoms with E-state index in [9.17, 15) is 36.3 Å². The maximum absolute atomic E-state index is 15.0. The Morgan fingerprint density at radius 2 is 1.57 bits per heavy atom. The maximum Gasteiger partial charge on any atom is 0.417 e. The first-order chi connectivity index (χ1) is 19.4. The van der Waals surface area contributed by atoms with Gasteiger partial charge in [0, 0.05) is 25.6 Å². The second-order valence-electron chi connectivity index (χ2n) is 9.35. The van der Waals surface area contributed by atoms with Gasteiger partial charge in [-0.05, 0) is 48.0 Å². The Labute approximate surface area is 255 Å². The van der Waals surface area contributed by atoms with Crippen LogP contribution in [0.15, 0.2) is 48.5 Å². The molecule has 0 radical (unpaired) electrons. The van der Waals surface area contributed by atoms with Crippen molar-refractivity contribution in [3.63, 3.8) is 0 Å². The minimum absolute atomic E-state index is 0.0431. The quantitative estimate of drug-likeness (QED) is 0.206. The van der Waals surface area contributed by atoms with E-state index >= 15 is 0 Å². The largest absolute Gasteiger partial charge is 0.417 e. The Morgan fingerprint density at radius 1 is 0.929 bits per heavy atom. The number of hydrogen-bond donors (Lipinski definition) is 2. The molecule has 0 spiro atoms. The normalized spacial score (nSPS) is 17.4. The molecule has 4 rings (SSSR count). The fourth-order valence-corrected chi connectivity index (χ4v) is 5.64. The lowest BCUT2D eigenvalue weighted by Crippen LogP contribution is -2.28. The number of nitrogens with zero attached hydrogens (tertiary/aromatic N) is 1. The molecule has 42 heavy (non-hydrogen) atoms. The number of amides is 3. The number of hydrogen-bond acceptors (Lipinski definition) is 3. The molecule has 0 aromatic heterocycles. The smallest absolute Gasteiger partial charge is 0.326 e. The minimum Gasteiger partial charge on any atom is -0.326 e. The monoisotopic (exact) mass is 667 g/mol. The highest BCUT2D eigenvalue weighted by Gasteiger charge is 2.67. The summed E-state index contributed by atoms with van der Waals surface area (Å²) in [7, 11) is 1.18. The van der Waals surface area contributed by atoms with Gasteiger partial charge in [0.1, 0.15) is 15.8 Å². The average Bonchev–Trinajstić information content (AvgIpc) is 3.48. The van der Waals surface area contributed by atoms with E-state index in [-0.39, 0.29) is 27.5 Å². The van der Waals surface area contributed by atoms with Gasteiger partial charge in [-0.3, -0.25) is 14.4 Å². The van der Waals surface area contributed by atoms with E-state index < -0.39 is 68.0 Å². The van der Waals surface area contributed by atoms with Crippen molar-refractivity contribution in [1.29, 1.82) is 0 Å². The number of nitrogens with one attached hydrogen (secondary N) is 2. The van der Waals surface area contributed by atoms with Crippen LogP contribution in [0.25, 0.3) is 0 Å². The summed E-state index contributed by atoms with van der Waals surface area (Å²) < 4.78 is 67.3. The van der Waals surface area contributed by atoms with Crippen molar-refractivity contribution >= 4 is 81.2 Å². The van der Waals surface area contributed by atoms with Gasteiger partial charge in [0.2, 0.25) is 11.8 Å². The maximum atomic E-state index is 15.0. The fraction of sp³-hybridized carbons (Fsp3) is 0.222. The van der Waals surface area contributed by atoms with Crippen LogP contribution in [0.5, 0.6) is 0 Å². The van der Waals surface area contributed by atoms with Crippen LogP contribution in [0.2, 0.25) is 10.0 Å². The fourth-order valence-electron chi connectivity index (χ4n) is 4.39. The van der Waals surface area contributed by atoms with Crippen molar-refractivity contribution in [1.82, 2.24) is 0 Å². The Bertz CT molecular complexity index is 1620. The van der Waals surface area contributed by atoms with Crippen LogP contribution >= 0.6 is 46.4 Å². The highest BCUT2D eigenvalue weighted by Crippen LogP contribution is 2.65. The number of benzene rings is 3. The predicted molar refractivity (Wildman–Crippen MR) is 151 cm³/mol. The molecule has 0 unspecified atom stereocenters. The van der Waals surface area contributed by atoms with Crippen molar-refractivity contribution in [2.45, 2.75) is 23.4 Å². The first-order valence-corrected chi connectivity index (χ1v) is 13.3. The van der Waals surface area contributed by atoms with Crippen LogP contribution < -0.4 is 15.5 Å². The molecule has 222 valence electrons. The standard InChI is InChI=1S/C27H18Cl4F5N3O3/c1-11(40)37-23-18(32)7-8-19(22(23)33)39(2)25(42)14-10-13(4-6-16(14)28)38-24(41)21-20(26(21,30)31)12-3-5-17(29)15(9-12)27(34,35)36/h3-10,20-21H,1-2H3,(H,37,40)(H,38,41)/t20-,21+/m0/s1. The van der Waals surface area contributed by atoms with E-state index in [0.29, 0.717) is 0 Å². The van der Waals surface area contributed by atoms with Crippen LogP contribution in [-0.2, 0) is 15.8 Å². The van der Waals surface area contributed by atoms with Crippen LogP contribution in [0, 0.1) is 17.6 Å². The Hall–Kier alpha value is -3.12. The summed E-state index contributed by atoms with van der Waals surface area (Å²) in [5, 5.41) is 3.92. The van der Waals surface area contributed by atoms with Gasteiger partial charge in [0.25, 0.3) is 5.91 Å². The zero-order valence-corrected chi connectivity index (χ0v) is 24.4. The van der Waals surface area contributed by atoms with E-state index in [1.807, 2.05) is 5.32 Å². The molecule has 2 N–H and O–H groups in total. The Kier molecular flexibility index (Phi) is 8.72. The third-order valence-corrected chi connectivity index (χ3v) is 8.09. The SMILES string of the molecule is CC(=O)Nc1c(F)ccc(N(C)C(=O)c2cc(NC(=O)[C@H]3[C@H](c4ccc(Cl)c(C(F)(F)F)c4)C3(Cl)Cl)ccc2Cl)c1F. The van der Waals surface area contributed by atoms with Gasteiger partial charge in [-0.1, -0.05) is 29.3 Å². The van der Waals surface area contributed by atoms with Gasteiger partial charge in [-0.2, -0.15) is 13.2 Å². The number of alkyl halides is 5.